The highest BCUT2D eigenvalue weighted by Crippen LogP contribution is 2.29. The topological polar surface area (TPSA) is 12.0 Å². The molecule has 2 heteroatoms. The molecule has 1 aliphatic rings. The second-order valence-corrected chi connectivity index (χ2v) is 5.41. The fourth-order valence-corrected chi connectivity index (χ4v) is 3.08. The molecule has 0 radical (unpaired) electrons. The van der Waals surface area contributed by atoms with Crippen molar-refractivity contribution in [2.75, 3.05) is 19.1 Å². The van der Waals surface area contributed by atoms with E-state index in [2.05, 4.69) is 18.6 Å². The SMILES string of the molecule is CNC(CCCCSC)C1CCCC1. The van der Waals surface area contributed by atoms with E-state index in [0.29, 0.717) is 0 Å². The van der Waals surface area contributed by atoms with Crippen LogP contribution in [0.3, 0.4) is 0 Å². The minimum Gasteiger partial charge on any atom is -0.317 e. The summed E-state index contributed by atoms with van der Waals surface area (Å²) in [5, 5.41) is 3.51. The van der Waals surface area contributed by atoms with Gasteiger partial charge in [-0.25, -0.2) is 0 Å². The van der Waals surface area contributed by atoms with Crippen LogP contribution in [0.1, 0.15) is 44.9 Å². The molecule has 0 heterocycles. The number of nitrogens with one attached hydrogen (secondary N) is 1. The third kappa shape index (κ3) is 4.22. The summed E-state index contributed by atoms with van der Waals surface area (Å²) in [6.07, 6.45) is 12.3. The molecule has 0 aromatic carbocycles. The number of rotatable bonds is 7. The smallest absolute Gasteiger partial charge is 0.00923 e. The van der Waals surface area contributed by atoms with Gasteiger partial charge in [-0.1, -0.05) is 19.3 Å². The maximum atomic E-state index is 3.51. The van der Waals surface area contributed by atoms with Crippen molar-refractivity contribution < 1.29 is 0 Å². The largest absolute Gasteiger partial charge is 0.317 e. The average molecular weight is 215 g/mol. The van der Waals surface area contributed by atoms with Gasteiger partial charge in [-0.3, -0.25) is 0 Å². The van der Waals surface area contributed by atoms with Crippen LogP contribution in [0.15, 0.2) is 0 Å². The van der Waals surface area contributed by atoms with Crippen molar-refractivity contribution in [2.24, 2.45) is 5.92 Å². The minimum atomic E-state index is 0.805. The summed E-state index contributed by atoms with van der Waals surface area (Å²) in [5.41, 5.74) is 0. The monoisotopic (exact) mass is 215 g/mol. The van der Waals surface area contributed by atoms with Gasteiger partial charge in [0.15, 0.2) is 0 Å². The first-order valence-electron chi connectivity index (χ1n) is 6.04. The molecule has 0 bridgehead atoms. The van der Waals surface area contributed by atoms with Crippen molar-refractivity contribution in [3.8, 4) is 0 Å². The predicted octanol–water partition coefficient (Wildman–Crippen LogP) is 3.30. The molecular formula is C12H25NS. The zero-order chi connectivity index (χ0) is 10.2. The van der Waals surface area contributed by atoms with E-state index in [0.717, 1.165) is 12.0 Å². The lowest BCUT2D eigenvalue weighted by Gasteiger charge is -2.22. The van der Waals surface area contributed by atoms with Gasteiger partial charge in [-0.15, -0.1) is 0 Å². The first-order valence-corrected chi connectivity index (χ1v) is 7.44. The standard InChI is InChI=1S/C12H25NS/c1-13-12(9-5-6-10-14-2)11-7-3-4-8-11/h11-13H,3-10H2,1-2H3. The third-order valence-corrected chi connectivity index (χ3v) is 4.15. The van der Waals surface area contributed by atoms with Gasteiger partial charge < -0.3 is 5.32 Å². The van der Waals surface area contributed by atoms with Crippen molar-refractivity contribution in [3.05, 3.63) is 0 Å². The van der Waals surface area contributed by atoms with Gasteiger partial charge >= 0.3 is 0 Å². The van der Waals surface area contributed by atoms with E-state index >= 15 is 0 Å². The van der Waals surface area contributed by atoms with Crippen LogP contribution in [0.4, 0.5) is 0 Å². The summed E-state index contributed by atoms with van der Waals surface area (Å²) >= 11 is 1.97. The van der Waals surface area contributed by atoms with E-state index in [1.807, 2.05) is 11.8 Å². The van der Waals surface area contributed by atoms with Crippen LogP contribution >= 0.6 is 11.8 Å². The summed E-state index contributed by atoms with van der Waals surface area (Å²) in [5.74, 6) is 2.32. The molecule has 84 valence electrons. The number of hydrogen-bond donors (Lipinski definition) is 1. The van der Waals surface area contributed by atoms with Crippen molar-refractivity contribution in [2.45, 2.75) is 51.0 Å². The van der Waals surface area contributed by atoms with E-state index in [4.69, 9.17) is 0 Å². The average Bonchev–Trinajstić information content (AvgIpc) is 2.71. The Morgan fingerprint density at radius 2 is 2.00 bits per heavy atom. The van der Waals surface area contributed by atoms with Crippen LogP contribution in [0.5, 0.6) is 0 Å². The Labute approximate surface area is 93.4 Å². The molecule has 0 amide bonds. The van der Waals surface area contributed by atoms with Gasteiger partial charge in [0.1, 0.15) is 0 Å². The summed E-state index contributed by atoms with van der Waals surface area (Å²) in [6.45, 7) is 0. The zero-order valence-electron chi connectivity index (χ0n) is 9.72. The molecule has 0 aliphatic heterocycles. The molecule has 1 aliphatic carbocycles. The molecule has 1 fully saturated rings. The highest BCUT2D eigenvalue weighted by Gasteiger charge is 2.22. The van der Waals surface area contributed by atoms with Crippen LogP contribution in [0, 0.1) is 5.92 Å². The Morgan fingerprint density at radius 1 is 1.29 bits per heavy atom. The number of thioether (sulfide) groups is 1. The van der Waals surface area contributed by atoms with Crippen LogP contribution in [-0.4, -0.2) is 25.1 Å². The Bertz CT molecular complexity index is 132. The van der Waals surface area contributed by atoms with E-state index < -0.39 is 0 Å². The molecule has 0 aromatic heterocycles. The lowest BCUT2D eigenvalue weighted by Crippen LogP contribution is -2.32. The van der Waals surface area contributed by atoms with Gasteiger partial charge in [-0.2, -0.15) is 11.8 Å². The van der Waals surface area contributed by atoms with Gasteiger partial charge in [0.2, 0.25) is 0 Å². The van der Waals surface area contributed by atoms with E-state index in [1.54, 1.807) is 0 Å². The Kier molecular flexibility index (Phi) is 6.70. The highest BCUT2D eigenvalue weighted by molar-refractivity contribution is 7.98. The molecule has 1 rings (SSSR count). The van der Waals surface area contributed by atoms with Crippen molar-refractivity contribution >= 4 is 11.8 Å². The van der Waals surface area contributed by atoms with Crippen molar-refractivity contribution in [3.63, 3.8) is 0 Å². The predicted molar refractivity (Wildman–Crippen MR) is 67.0 cm³/mol. The minimum absolute atomic E-state index is 0.805. The number of unbranched alkanes of at least 4 members (excludes halogenated alkanes) is 1. The first kappa shape index (κ1) is 12.4. The van der Waals surface area contributed by atoms with Crippen molar-refractivity contribution in [1.29, 1.82) is 0 Å². The van der Waals surface area contributed by atoms with Crippen LogP contribution in [-0.2, 0) is 0 Å². The molecule has 0 aromatic rings. The quantitative estimate of drug-likeness (QED) is 0.654. The molecule has 0 spiro atoms. The molecule has 1 nitrogen and oxygen atoms in total. The Morgan fingerprint density at radius 3 is 2.57 bits per heavy atom. The maximum Gasteiger partial charge on any atom is 0.00923 e. The summed E-state index contributed by atoms with van der Waals surface area (Å²) in [4.78, 5) is 0. The second-order valence-electron chi connectivity index (χ2n) is 4.43. The lowest BCUT2D eigenvalue weighted by molar-refractivity contribution is 0.352. The fraction of sp³-hybridized carbons (Fsp3) is 1.00. The third-order valence-electron chi connectivity index (χ3n) is 3.45. The molecule has 0 saturated heterocycles. The lowest BCUT2D eigenvalue weighted by atomic mass is 9.94. The Balaban J connectivity index is 2.11. The van der Waals surface area contributed by atoms with Crippen molar-refractivity contribution in [1.82, 2.24) is 5.32 Å². The Hall–Kier alpha value is 0.310. The van der Waals surface area contributed by atoms with Crippen LogP contribution in [0.2, 0.25) is 0 Å². The van der Waals surface area contributed by atoms with E-state index in [1.165, 1.54) is 50.7 Å². The molecule has 14 heavy (non-hydrogen) atoms. The molecule has 1 saturated carbocycles. The summed E-state index contributed by atoms with van der Waals surface area (Å²) in [7, 11) is 2.14. The van der Waals surface area contributed by atoms with E-state index in [9.17, 15) is 0 Å². The van der Waals surface area contributed by atoms with Gasteiger partial charge in [0, 0.05) is 6.04 Å². The molecule has 1 N–H and O–H groups in total. The zero-order valence-corrected chi connectivity index (χ0v) is 10.5. The van der Waals surface area contributed by atoms with Gasteiger partial charge in [0.05, 0.1) is 0 Å². The second kappa shape index (κ2) is 7.58. The number of hydrogen-bond acceptors (Lipinski definition) is 2. The summed E-state index contributed by atoms with van der Waals surface area (Å²) in [6, 6.07) is 0.805. The molecule has 1 atom stereocenters. The first-order chi connectivity index (χ1) is 6.88. The summed E-state index contributed by atoms with van der Waals surface area (Å²) < 4.78 is 0. The van der Waals surface area contributed by atoms with Gasteiger partial charge in [-0.05, 0) is 50.7 Å². The molecular weight excluding hydrogens is 190 g/mol. The maximum absolute atomic E-state index is 3.51. The fourth-order valence-electron chi connectivity index (χ4n) is 2.59. The van der Waals surface area contributed by atoms with Gasteiger partial charge in [0.25, 0.3) is 0 Å². The molecule has 1 unspecified atom stereocenters. The van der Waals surface area contributed by atoms with Crippen LogP contribution < -0.4 is 5.32 Å². The normalized spacial score (nSPS) is 20.1. The highest BCUT2D eigenvalue weighted by atomic mass is 32.2. The van der Waals surface area contributed by atoms with E-state index in [-0.39, 0.29) is 0 Å². The van der Waals surface area contributed by atoms with Crippen LogP contribution in [0.25, 0.3) is 0 Å².